The number of sulfone groups is 1. The zero-order valence-corrected chi connectivity index (χ0v) is 17.7. The molecule has 6 nitrogen and oxygen atoms in total. The molecular weight excluding hydrogens is 422 g/mol. The smallest absolute Gasteiger partial charge is 0.240 e. The van der Waals surface area contributed by atoms with Crippen LogP contribution in [0.25, 0.3) is 0 Å². The van der Waals surface area contributed by atoms with E-state index < -0.39 is 19.9 Å². The maximum absolute atomic E-state index is 12.9. The Kier molecular flexibility index (Phi) is 5.64. The molecule has 0 spiro atoms. The molecule has 0 bridgehead atoms. The lowest BCUT2D eigenvalue weighted by Crippen LogP contribution is -2.37. The summed E-state index contributed by atoms with van der Waals surface area (Å²) < 4.78 is 59.1. The van der Waals surface area contributed by atoms with E-state index in [1.807, 2.05) is 0 Å². The minimum Gasteiger partial charge on any atom is -0.489 e. The van der Waals surface area contributed by atoms with Crippen molar-refractivity contribution in [2.45, 2.75) is 33.6 Å². The Morgan fingerprint density at radius 2 is 1.43 bits per heavy atom. The molecule has 1 N–H and O–H groups in total. The van der Waals surface area contributed by atoms with Gasteiger partial charge in [0.15, 0.2) is 0 Å². The van der Waals surface area contributed by atoms with Crippen molar-refractivity contribution in [2.75, 3.05) is 6.54 Å². The van der Waals surface area contributed by atoms with Crippen LogP contribution in [-0.4, -0.2) is 29.5 Å². The van der Waals surface area contributed by atoms with E-state index in [4.69, 9.17) is 4.74 Å². The lowest BCUT2D eigenvalue weighted by molar-refractivity contribution is 0.176. The summed E-state index contributed by atoms with van der Waals surface area (Å²) in [6, 6.07) is 21.2. The molecule has 1 aliphatic heterocycles. The van der Waals surface area contributed by atoms with Crippen LogP contribution in [-0.2, 0) is 26.3 Å². The van der Waals surface area contributed by atoms with Crippen molar-refractivity contribution < 1.29 is 21.6 Å². The van der Waals surface area contributed by atoms with Crippen molar-refractivity contribution in [1.82, 2.24) is 4.72 Å². The molecule has 4 rings (SSSR count). The third kappa shape index (κ3) is 4.26. The number of hydrogen-bond acceptors (Lipinski definition) is 5. The van der Waals surface area contributed by atoms with Crippen molar-refractivity contribution in [2.24, 2.45) is 0 Å². The van der Waals surface area contributed by atoms with Gasteiger partial charge in [-0.15, -0.1) is 0 Å². The van der Waals surface area contributed by atoms with E-state index in [0.29, 0.717) is 18.6 Å². The SMILES string of the molecule is O=S(=O)(NCC1CCc2ccc(S(=O)(=O)c3ccccc3)cc2O1)c1ccccc1. The fourth-order valence-electron chi connectivity index (χ4n) is 3.34. The van der Waals surface area contributed by atoms with Gasteiger partial charge in [-0.25, -0.2) is 21.6 Å². The van der Waals surface area contributed by atoms with Gasteiger partial charge in [-0.3, -0.25) is 0 Å². The molecule has 0 aliphatic carbocycles. The van der Waals surface area contributed by atoms with Crippen LogP contribution in [0.15, 0.2) is 93.5 Å². The van der Waals surface area contributed by atoms with Crippen LogP contribution in [0.3, 0.4) is 0 Å². The third-order valence-electron chi connectivity index (χ3n) is 4.99. The Hall–Kier alpha value is -2.68. The predicted octanol–water partition coefficient (Wildman–Crippen LogP) is 3.19. The zero-order chi connectivity index (χ0) is 21.2. The van der Waals surface area contributed by atoms with Gasteiger partial charge in [0.05, 0.1) is 14.7 Å². The minimum absolute atomic E-state index is 0.104. The molecule has 0 radical (unpaired) electrons. The first-order valence-electron chi connectivity index (χ1n) is 9.51. The van der Waals surface area contributed by atoms with Gasteiger partial charge in [0.2, 0.25) is 19.9 Å². The fourth-order valence-corrected chi connectivity index (χ4v) is 5.72. The van der Waals surface area contributed by atoms with E-state index in [1.165, 1.54) is 18.2 Å². The maximum atomic E-state index is 12.9. The van der Waals surface area contributed by atoms with E-state index in [9.17, 15) is 16.8 Å². The van der Waals surface area contributed by atoms with Gasteiger partial charge < -0.3 is 4.74 Å². The predicted molar refractivity (Wildman–Crippen MR) is 113 cm³/mol. The standard InChI is InChI=1S/C22H21NO5S2/c24-29(25,19-7-3-1-4-8-19)21-14-12-17-11-13-18(28-22(17)15-21)16-23-30(26,27)20-9-5-2-6-10-20/h1-10,12,14-15,18,23H,11,13,16H2. The Bertz CT molecular complexity index is 1240. The average Bonchev–Trinajstić information content (AvgIpc) is 2.78. The second-order valence-electron chi connectivity index (χ2n) is 7.03. The normalized spacial score (nSPS) is 16.5. The average molecular weight is 444 g/mol. The van der Waals surface area contributed by atoms with Crippen LogP contribution < -0.4 is 9.46 Å². The minimum atomic E-state index is -3.65. The molecular formula is C22H21NO5S2. The van der Waals surface area contributed by atoms with Crippen molar-refractivity contribution in [3.63, 3.8) is 0 Å². The molecule has 3 aromatic carbocycles. The third-order valence-corrected chi connectivity index (χ3v) is 8.19. The number of rotatable bonds is 6. The van der Waals surface area contributed by atoms with E-state index in [2.05, 4.69) is 4.72 Å². The summed E-state index contributed by atoms with van der Waals surface area (Å²) in [7, 11) is -7.28. The number of sulfonamides is 1. The van der Waals surface area contributed by atoms with Crippen molar-refractivity contribution in [3.05, 3.63) is 84.4 Å². The number of aryl methyl sites for hydroxylation is 1. The summed E-state index contributed by atoms with van der Waals surface area (Å²) in [5.41, 5.74) is 0.907. The second-order valence-corrected chi connectivity index (χ2v) is 10.7. The van der Waals surface area contributed by atoms with E-state index in [1.54, 1.807) is 60.7 Å². The van der Waals surface area contributed by atoms with Crippen molar-refractivity contribution in [1.29, 1.82) is 0 Å². The van der Waals surface area contributed by atoms with Gasteiger partial charge in [0.1, 0.15) is 11.9 Å². The largest absolute Gasteiger partial charge is 0.489 e. The van der Waals surface area contributed by atoms with E-state index >= 15 is 0 Å². The fraction of sp³-hybridized carbons (Fsp3) is 0.182. The van der Waals surface area contributed by atoms with Crippen LogP contribution in [0.4, 0.5) is 0 Å². The first kappa shape index (κ1) is 20.6. The molecule has 0 saturated carbocycles. The number of nitrogens with one attached hydrogen (secondary N) is 1. The van der Waals surface area contributed by atoms with Gasteiger partial charge in [-0.2, -0.15) is 0 Å². The van der Waals surface area contributed by atoms with Crippen molar-refractivity contribution in [3.8, 4) is 5.75 Å². The Labute approximate surface area is 176 Å². The highest BCUT2D eigenvalue weighted by Crippen LogP contribution is 2.32. The molecule has 1 aliphatic rings. The first-order valence-corrected chi connectivity index (χ1v) is 12.5. The van der Waals surface area contributed by atoms with Crippen LogP contribution in [0.1, 0.15) is 12.0 Å². The highest BCUT2D eigenvalue weighted by Gasteiger charge is 2.25. The van der Waals surface area contributed by atoms with Gasteiger partial charge in [-0.05, 0) is 54.8 Å². The summed E-state index contributed by atoms with van der Waals surface area (Å²) in [5, 5.41) is 0. The van der Waals surface area contributed by atoms with E-state index in [0.717, 1.165) is 5.56 Å². The number of ether oxygens (including phenoxy) is 1. The topological polar surface area (TPSA) is 89.5 Å². The lowest BCUT2D eigenvalue weighted by atomic mass is 10.0. The summed E-state index contributed by atoms with van der Waals surface area (Å²) >= 11 is 0. The van der Waals surface area contributed by atoms with E-state index in [-0.39, 0.29) is 27.3 Å². The first-order chi connectivity index (χ1) is 14.4. The second kappa shape index (κ2) is 8.22. The van der Waals surface area contributed by atoms with Crippen LogP contribution in [0, 0.1) is 0 Å². The molecule has 0 saturated heterocycles. The van der Waals surface area contributed by atoms with Crippen molar-refractivity contribution >= 4 is 19.9 Å². The van der Waals surface area contributed by atoms with Crippen LogP contribution >= 0.6 is 0 Å². The summed E-state index contributed by atoms with van der Waals surface area (Å²) in [4.78, 5) is 0.559. The van der Waals surface area contributed by atoms with Crippen LogP contribution in [0.2, 0.25) is 0 Å². The monoisotopic (exact) mass is 443 g/mol. The quantitative estimate of drug-likeness (QED) is 0.632. The molecule has 8 heteroatoms. The maximum Gasteiger partial charge on any atom is 0.240 e. The van der Waals surface area contributed by atoms with Gasteiger partial charge in [0.25, 0.3) is 0 Å². The summed E-state index contributed by atoms with van der Waals surface area (Å²) in [5.74, 6) is 0.474. The molecule has 156 valence electrons. The molecule has 1 heterocycles. The molecule has 0 fully saturated rings. The molecule has 30 heavy (non-hydrogen) atoms. The zero-order valence-electron chi connectivity index (χ0n) is 16.1. The Morgan fingerprint density at radius 3 is 2.10 bits per heavy atom. The van der Waals surface area contributed by atoms with Gasteiger partial charge in [0, 0.05) is 6.54 Å². The highest BCUT2D eigenvalue weighted by atomic mass is 32.2. The summed E-state index contributed by atoms with van der Waals surface area (Å²) in [6.07, 6.45) is 0.930. The Morgan fingerprint density at radius 1 is 0.800 bits per heavy atom. The van der Waals surface area contributed by atoms with Crippen LogP contribution in [0.5, 0.6) is 5.75 Å². The molecule has 3 aromatic rings. The molecule has 0 amide bonds. The lowest BCUT2D eigenvalue weighted by Gasteiger charge is -2.26. The number of fused-ring (bicyclic) bond motifs is 1. The number of hydrogen-bond donors (Lipinski definition) is 1. The van der Waals surface area contributed by atoms with Gasteiger partial charge >= 0.3 is 0 Å². The number of benzene rings is 3. The van der Waals surface area contributed by atoms with Gasteiger partial charge in [-0.1, -0.05) is 42.5 Å². The summed E-state index contributed by atoms with van der Waals surface area (Å²) in [6.45, 7) is 0.104. The highest BCUT2D eigenvalue weighted by molar-refractivity contribution is 7.91. The molecule has 1 unspecified atom stereocenters. The molecule has 1 atom stereocenters. The molecule has 0 aromatic heterocycles. The Balaban J connectivity index is 1.51.